The van der Waals surface area contributed by atoms with Gasteiger partial charge in [0.1, 0.15) is 0 Å². The molecule has 0 spiro atoms. The van der Waals surface area contributed by atoms with Gasteiger partial charge in [-0.05, 0) is 30.0 Å². The van der Waals surface area contributed by atoms with Crippen molar-refractivity contribution in [2.45, 2.75) is 25.4 Å². The first kappa shape index (κ1) is 10.4. The zero-order valence-corrected chi connectivity index (χ0v) is 8.39. The molecule has 1 aromatic carbocycles. The van der Waals surface area contributed by atoms with Crippen LogP contribution in [0.1, 0.15) is 17.5 Å². The molecule has 1 aromatic rings. The van der Waals surface area contributed by atoms with Crippen LogP contribution in [-0.4, -0.2) is 18.3 Å². The minimum absolute atomic E-state index is 0.234. The average molecular weight is 214 g/mol. The van der Waals surface area contributed by atoms with Crippen LogP contribution in [0, 0.1) is 11.6 Å². The highest BCUT2D eigenvalue weighted by Crippen LogP contribution is 2.32. The molecule has 0 aliphatic heterocycles. The maximum Gasteiger partial charge on any atom is 0.190 e. The van der Waals surface area contributed by atoms with Crippen molar-refractivity contribution in [3.8, 4) is 5.75 Å². The zero-order valence-electron chi connectivity index (χ0n) is 8.39. The molecule has 0 amide bonds. The van der Waals surface area contributed by atoms with Crippen molar-refractivity contribution in [3.05, 3.63) is 28.8 Å². The molecule has 0 saturated carbocycles. The Kier molecular flexibility index (Phi) is 2.61. The van der Waals surface area contributed by atoms with Gasteiger partial charge >= 0.3 is 0 Å². The molecule has 0 bridgehead atoms. The molecule has 2 nitrogen and oxygen atoms in total. The lowest BCUT2D eigenvalue weighted by Crippen LogP contribution is -2.20. The number of hydrogen-bond acceptors (Lipinski definition) is 2. The Balaban J connectivity index is 2.54. The van der Waals surface area contributed by atoms with E-state index in [1.54, 1.807) is 0 Å². The van der Waals surface area contributed by atoms with Gasteiger partial charge in [-0.2, -0.15) is 0 Å². The maximum atomic E-state index is 13.7. The van der Waals surface area contributed by atoms with Gasteiger partial charge in [-0.25, -0.2) is 8.78 Å². The summed E-state index contributed by atoms with van der Waals surface area (Å²) in [5.74, 6) is -1.71. The number of ether oxygens (including phenoxy) is 1. The van der Waals surface area contributed by atoms with Gasteiger partial charge < -0.3 is 9.84 Å². The van der Waals surface area contributed by atoms with Gasteiger partial charge in [-0.3, -0.25) is 0 Å². The minimum Gasteiger partial charge on any atom is -0.491 e. The van der Waals surface area contributed by atoms with Crippen molar-refractivity contribution in [2.75, 3.05) is 7.11 Å². The first-order valence-electron chi connectivity index (χ1n) is 4.85. The number of halogens is 2. The van der Waals surface area contributed by atoms with E-state index in [1.807, 2.05) is 0 Å². The van der Waals surface area contributed by atoms with Crippen molar-refractivity contribution < 1.29 is 18.6 Å². The highest BCUT2D eigenvalue weighted by atomic mass is 19.1. The van der Waals surface area contributed by atoms with E-state index in [1.165, 1.54) is 13.2 Å². The fourth-order valence-electron chi connectivity index (χ4n) is 1.98. The standard InChI is InChI=1S/C11H12F2O2/c1-15-11-9(12)4-6-2-3-7(14)5-8(6)10(11)13/h4,7,14H,2-3,5H2,1H3. The van der Waals surface area contributed by atoms with E-state index in [4.69, 9.17) is 0 Å². The van der Waals surface area contributed by atoms with Crippen LogP contribution in [0.2, 0.25) is 0 Å². The highest BCUT2D eigenvalue weighted by molar-refractivity contribution is 5.40. The number of aliphatic hydroxyl groups excluding tert-OH is 1. The van der Waals surface area contributed by atoms with Crippen LogP contribution in [0.3, 0.4) is 0 Å². The second-order valence-corrected chi connectivity index (χ2v) is 3.74. The van der Waals surface area contributed by atoms with Crippen molar-refractivity contribution in [1.29, 1.82) is 0 Å². The van der Waals surface area contributed by atoms with Crippen molar-refractivity contribution in [2.24, 2.45) is 0 Å². The number of aliphatic hydroxyl groups is 1. The van der Waals surface area contributed by atoms with Crippen molar-refractivity contribution in [1.82, 2.24) is 0 Å². The predicted octanol–water partition coefficient (Wildman–Crippen LogP) is 1.82. The molecule has 0 fully saturated rings. The molecule has 0 heterocycles. The van der Waals surface area contributed by atoms with Gasteiger partial charge in [-0.15, -0.1) is 0 Å². The van der Waals surface area contributed by atoms with Gasteiger partial charge in [0.15, 0.2) is 17.4 Å². The number of hydrogen-bond donors (Lipinski definition) is 1. The normalized spacial score (nSPS) is 19.9. The monoisotopic (exact) mass is 214 g/mol. The molecule has 1 aliphatic rings. The quantitative estimate of drug-likeness (QED) is 0.772. The fraction of sp³-hybridized carbons (Fsp3) is 0.455. The van der Waals surface area contributed by atoms with Crippen molar-refractivity contribution >= 4 is 0 Å². The van der Waals surface area contributed by atoms with Crippen LogP contribution in [0.5, 0.6) is 5.75 Å². The second-order valence-electron chi connectivity index (χ2n) is 3.74. The Morgan fingerprint density at radius 3 is 2.87 bits per heavy atom. The molecule has 0 aromatic heterocycles. The van der Waals surface area contributed by atoms with Crippen LogP contribution >= 0.6 is 0 Å². The van der Waals surface area contributed by atoms with Crippen LogP contribution in [-0.2, 0) is 12.8 Å². The lowest BCUT2D eigenvalue weighted by atomic mass is 9.89. The molecule has 0 saturated heterocycles. The lowest BCUT2D eigenvalue weighted by molar-refractivity contribution is 0.156. The third-order valence-electron chi connectivity index (χ3n) is 2.76. The molecule has 1 atom stereocenters. The average Bonchev–Trinajstić information content (AvgIpc) is 2.20. The molecule has 0 radical (unpaired) electrons. The number of rotatable bonds is 1. The van der Waals surface area contributed by atoms with E-state index >= 15 is 0 Å². The fourth-order valence-corrected chi connectivity index (χ4v) is 1.98. The first-order chi connectivity index (χ1) is 7.13. The lowest BCUT2D eigenvalue weighted by Gasteiger charge is -2.22. The minimum atomic E-state index is -0.676. The number of benzene rings is 1. The largest absolute Gasteiger partial charge is 0.491 e. The summed E-state index contributed by atoms with van der Waals surface area (Å²) < 4.78 is 31.7. The smallest absolute Gasteiger partial charge is 0.190 e. The Morgan fingerprint density at radius 1 is 1.47 bits per heavy atom. The molecule has 82 valence electrons. The Bertz CT molecular complexity index is 391. The molecule has 1 unspecified atom stereocenters. The number of methoxy groups -OCH3 is 1. The predicted molar refractivity (Wildman–Crippen MR) is 50.9 cm³/mol. The molecular weight excluding hydrogens is 202 g/mol. The summed E-state index contributed by atoms with van der Waals surface area (Å²) >= 11 is 0. The molecule has 4 heteroatoms. The summed E-state index contributed by atoms with van der Waals surface area (Å²) in [6, 6.07) is 1.29. The summed E-state index contributed by atoms with van der Waals surface area (Å²) in [6.45, 7) is 0. The number of fused-ring (bicyclic) bond motifs is 1. The molecule has 15 heavy (non-hydrogen) atoms. The van der Waals surface area contributed by atoms with Gasteiger partial charge in [-0.1, -0.05) is 0 Å². The Labute approximate surface area is 86.5 Å². The summed E-state index contributed by atoms with van der Waals surface area (Å²) in [5.41, 5.74) is 1.02. The summed E-state index contributed by atoms with van der Waals surface area (Å²) in [6.07, 6.45) is 0.756. The topological polar surface area (TPSA) is 29.5 Å². The SMILES string of the molecule is COc1c(F)cc2c(c1F)CC(O)CC2. The van der Waals surface area contributed by atoms with Crippen LogP contribution in [0.15, 0.2) is 6.07 Å². The maximum absolute atomic E-state index is 13.7. The van der Waals surface area contributed by atoms with E-state index in [-0.39, 0.29) is 12.2 Å². The molecule has 2 rings (SSSR count). The summed E-state index contributed by atoms with van der Waals surface area (Å²) in [4.78, 5) is 0. The van der Waals surface area contributed by atoms with Crippen LogP contribution in [0.25, 0.3) is 0 Å². The van der Waals surface area contributed by atoms with Crippen molar-refractivity contribution in [3.63, 3.8) is 0 Å². The van der Waals surface area contributed by atoms with E-state index in [0.717, 1.165) is 0 Å². The van der Waals surface area contributed by atoms with Gasteiger partial charge in [0.2, 0.25) is 0 Å². The van der Waals surface area contributed by atoms with Gasteiger partial charge in [0.25, 0.3) is 0 Å². The molecule has 1 aliphatic carbocycles. The Hall–Kier alpha value is -1.16. The molecular formula is C11H12F2O2. The van der Waals surface area contributed by atoms with Gasteiger partial charge in [0.05, 0.1) is 13.2 Å². The summed E-state index contributed by atoms with van der Waals surface area (Å²) in [5, 5.41) is 9.41. The summed E-state index contributed by atoms with van der Waals surface area (Å²) in [7, 11) is 1.23. The van der Waals surface area contributed by atoms with Crippen LogP contribution in [0.4, 0.5) is 8.78 Å². The third kappa shape index (κ3) is 1.69. The van der Waals surface area contributed by atoms with Gasteiger partial charge in [0, 0.05) is 6.42 Å². The third-order valence-corrected chi connectivity index (χ3v) is 2.76. The number of aryl methyl sites for hydroxylation is 1. The van der Waals surface area contributed by atoms with E-state index < -0.39 is 17.7 Å². The van der Waals surface area contributed by atoms with E-state index in [2.05, 4.69) is 4.74 Å². The second kappa shape index (κ2) is 3.77. The Morgan fingerprint density at radius 2 is 2.20 bits per heavy atom. The van der Waals surface area contributed by atoms with E-state index in [0.29, 0.717) is 24.0 Å². The highest BCUT2D eigenvalue weighted by Gasteiger charge is 2.24. The molecule has 1 N–H and O–H groups in total. The van der Waals surface area contributed by atoms with E-state index in [9.17, 15) is 13.9 Å². The van der Waals surface area contributed by atoms with Crippen LogP contribution < -0.4 is 4.74 Å². The first-order valence-corrected chi connectivity index (χ1v) is 4.85. The zero-order chi connectivity index (χ0) is 11.0.